The molecule has 0 bridgehead atoms. The van der Waals surface area contributed by atoms with Crippen LogP contribution in [0.25, 0.3) is 22.5 Å². The number of piperazine rings is 1. The van der Waals surface area contributed by atoms with E-state index in [0.717, 1.165) is 48.7 Å². The molecule has 3 aromatic rings. The van der Waals surface area contributed by atoms with Gasteiger partial charge in [0.05, 0.1) is 11.4 Å². The molecule has 0 atom stereocenters. The number of hydrogen-bond donors (Lipinski definition) is 1. The molecule has 5 heteroatoms. The van der Waals surface area contributed by atoms with Crippen LogP contribution in [0.5, 0.6) is 0 Å². The van der Waals surface area contributed by atoms with Gasteiger partial charge in [-0.3, -0.25) is 10.1 Å². The van der Waals surface area contributed by atoms with Gasteiger partial charge < -0.3 is 9.80 Å². The number of rotatable bonds is 3. The van der Waals surface area contributed by atoms with Gasteiger partial charge >= 0.3 is 0 Å². The van der Waals surface area contributed by atoms with Crippen molar-refractivity contribution in [1.82, 2.24) is 20.1 Å². The number of nitrogens with zero attached hydrogens (tertiary/aromatic N) is 4. The van der Waals surface area contributed by atoms with E-state index in [1.165, 1.54) is 5.69 Å². The maximum Gasteiger partial charge on any atom is 0.0942 e. The lowest BCUT2D eigenvalue weighted by molar-refractivity contribution is 0.313. The number of H-pyrrole nitrogens is 1. The quantitative estimate of drug-likeness (QED) is 0.806. The first-order valence-corrected chi connectivity index (χ1v) is 8.29. The summed E-state index contributed by atoms with van der Waals surface area (Å²) in [5.41, 5.74) is 5.41. The predicted octanol–water partition coefficient (Wildman–Crippen LogP) is 2.89. The Labute approximate surface area is 142 Å². The average molecular weight is 319 g/mol. The van der Waals surface area contributed by atoms with Crippen molar-refractivity contribution in [2.24, 2.45) is 0 Å². The lowest BCUT2D eigenvalue weighted by Gasteiger charge is -2.34. The molecule has 0 radical (unpaired) electrons. The van der Waals surface area contributed by atoms with Crippen molar-refractivity contribution in [3.63, 3.8) is 0 Å². The van der Waals surface area contributed by atoms with Gasteiger partial charge in [-0.25, -0.2) is 0 Å². The van der Waals surface area contributed by atoms with E-state index in [-0.39, 0.29) is 0 Å². The molecular weight excluding hydrogens is 298 g/mol. The van der Waals surface area contributed by atoms with E-state index >= 15 is 0 Å². The molecule has 0 saturated carbocycles. The SMILES string of the molecule is CN1CCN(c2ccc(-c3cc(-c4cccnc4)n[nH]3)cc2)CC1. The Morgan fingerprint density at radius 2 is 1.75 bits per heavy atom. The van der Waals surface area contributed by atoms with Gasteiger partial charge in [-0.2, -0.15) is 5.10 Å². The molecule has 1 aromatic carbocycles. The van der Waals surface area contributed by atoms with E-state index in [2.05, 4.69) is 62.4 Å². The summed E-state index contributed by atoms with van der Waals surface area (Å²) in [6, 6.07) is 14.7. The number of hydrogen-bond acceptors (Lipinski definition) is 4. The molecule has 3 heterocycles. The second-order valence-corrected chi connectivity index (χ2v) is 6.25. The van der Waals surface area contributed by atoms with Crippen molar-refractivity contribution >= 4 is 5.69 Å². The fraction of sp³-hybridized carbons (Fsp3) is 0.263. The first-order chi connectivity index (χ1) is 11.8. The maximum atomic E-state index is 4.40. The number of benzene rings is 1. The number of likely N-dealkylation sites (N-methyl/N-ethyl adjacent to an activating group) is 1. The Morgan fingerprint density at radius 3 is 2.46 bits per heavy atom. The van der Waals surface area contributed by atoms with Crippen molar-refractivity contribution in [2.75, 3.05) is 38.1 Å². The minimum atomic E-state index is 0.918. The average Bonchev–Trinajstić information content (AvgIpc) is 3.13. The largest absolute Gasteiger partial charge is 0.369 e. The molecule has 0 amide bonds. The summed E-state index contributed by atoms with van der Waals surface area (Å²) in [5.74, 6) is 0. The first-order valence-electron chi connectivity index (χ1n) is 8.29. The summed E-state index contributed by atoms with van der Waals surface area (Å²) >= 11 is 0. The highest BCUT2D eigenvalue weighted by Crippen LogP contribution is 2.25. The van der Waals surface area contributed by atoms with Crippen molar-refractivity contribution in [3.05, 3.63) is 54.9 Å². The summed E-state index contributed by atoms with van der Waals surface area (Å²) < 4.78 is 0. The fourth-order valence-corrected chi connectivity index (χ4v) is 3.05. The summed E-state index contributed by atoms with van der Waals surface area (Å²) in [6.45, 7) is 4.42. The van der Waals surface area contributed by atoms with E-state index < -0.39 is 0 Å². The number of pyridine rings is 1. The zero-order valence-electron chi connectivity index (χ0n) is 13.8. The molecule has 1 fully saturated rings. The Bertz CT molecular complexity index is 786. The molecule has 24 heavy (non-hydrogen) atoms. The highest BCUT2D eigenvalue weighted by atomic mass is 15.2. The minimum Gasteiger partial charge on any atom is -0.369 e. The van der Waals surface area contributed by atoms with Crippen LogP contribution in [-0.4, -0.2) is 53.3 Å². The lowest BCUT2D eigenvalue weighted by atomic mass is 10.1. The standard InChI is InChI=1S/C19H21N5/c1-23-9-11-24(12-10-23)17-6-4-15(5-7-17)18-13-19(22-21-18)16-3-2-8-20-14-16/h2-8,13-14H,9-12H2,1H3,(H,21,22). The summed E-state index contributed by atoms with van der Waals surface area (Å²) in [7, 11) is 2.18. The van der Waals surface area contributed by atoms with Crippen LogP contribution in [0, 0.1) is 0 Å². The second-order valence-electron chi connectivity index (χ2n) is 6.25. The highest BCUT2D eigenvalue weighted by molar-refractivity contribution is 5.69. The molecule has 0 spiro atoms. The molecular formula is C19H21N5. The van der Waals surface area contributed by atoms with Gasteiger partial charge in [-0.1, -0.05) is 12.1 Å². The minimum absolute atomic E-state index is 0.918. The Kier molecular flexibility index (Phi) is 4.01. The van der Waals surface area contributed by atoms with Gasteiger partial charge in [-0.15, -0.1) is 0 Å². The Morgan fingerprint density at radius 1 is 0.958 bits per heavy atom. The van der Waals surface area contributed by atoms with Crippen molar-refractivity contribution in [1.29, 1.82) is 0 Å². The second kappa shape index (κ2) is 6.45. The molecule has 1 N–H and O–H groups in total. The van der Waals surface area contributed by atoms with Gasteiger partial charge in [0, 0.05) is 49.8 Å². The van der Waals surface area contributed by atoms with Crippen molar-refractivity contribution in [3.8, 4) is 22.5 Å². The number of nitrogens with one attached hydrogen (secondary N) is 1. The number of aromatic nitrogens is 3. The molecule has 0 aliphatic carbocycles. The Balaban J connectivity index is 1.52. The number of anilines is 1. The monoisotopic (exact) mass is 319 g/mol. The van der Waals surface area contributed by atoms with Crippen LogP contribution in [0.15, 0.2) is 54.9 Å². The predicted molar refractivity (Wildman–Crippen MR) is 97.0 cm³/mol. The van der Waals surface area contributed by atoms with Gasteiger partial charge in [-0.05, 0) is 42.9 Å². The van der Waals surface area contributed by atoms with E-state index in [9.17, 15) is 0 Å². The molecule has 122 valence electrons. The molecule has 2 aromatic heterocycles. The summed E-state index contributed by atoms with van der Waals surface area (Å²) in [5, 5.41) is 7.53. The van der Waals surface area contributed by atoms with Crippen molar-refractivity contribution < 1.29 is 0 Å². The lowest BCUT2D eigenvalue weighted by Crippen LogP contribution is -2.44. The van der Waals surface area contributed by atoms with E-state index in [0.29, 0.717) is 0 Å². The van der Waals surface area contributed by atoms with Gasteiger partial charge in [0.2, 0.25) is 0 Å². The van der Waals surface area contributed by atoms with Crippen LogP contribution in [0.1, 0.15) is 0 Å². The van der Waals surface area contributed by atoms with E-state index in [4.69, 9.17) is 0 Å². The summed E-state index contributed by atoms with van der Waals surface area (Å²) in [4.78, 5) is 8.96. The van der Waals surface area contributed by atoms with E-state index in [1.54, 1.807) is 6.20 Å². The topological polar surface area (TPSA) is 48.1 Å². The van der Waals surface area contributed by atoms with Crippen LogP contribution in [-0.2, 0) is 0 Å². The highest BCUT2D eigenvalue weighted by Gasteiger charge is 2.14. The van der Waals surface area contributed by atoms with Crippen LogP contribution < -0.4 is 4.90 Å². The molecule has 1 aliphatic heterocycles. The third kappa shape index (κ3) is 3.03. The molecule has 4 rings (SSSR count). The van der Waals surface area contributed by atoms with Gasteiger partial charge in [0.1, 0.15) is 0 Å². The van der Waals surface area contributed by atoms with Crippen molar-refractivity contribution in [2.45, 2.75) is 0 Å². The first kappa shape index (κ1) is 14.9. The normalized spacial score (nSPS) is 15.6. The molecule has 0 unspecified atom stereocenters. The van der Waals surface area contributed by atoms with Crippen LogP contribution in [0.2, 0.25) is 0 Å². The van der Waals surface area contributed by atoms with E-state index in [1.807, 2.05) is 18.3 Å². The Hall–Kier alpha value is -2.66. The maximum absolute atomic E-state index is 4.40. The molecule has 1 aliphatic rings. The van der Waals surface area contributed by atoms with Crippen LogP contribution >= 0.6 is 0 Å². The third-order valence-electron chi connectivity index (χ3n) is 4.58. The smallest absolute Gasteiger partial charge is 0.0942 e. The summed E-state index contributed by atoms with van der Waals surface area (Å²) in [6.07, 6.45) is 3.60. The van der Waals surface area contributed by atoms with Gasteiger partial charge in [0.25, 0.3) is 0 Å². The fourth-order valence-electron chi connectivity index (χ4n) is 3.05. The third-order valence-corrected chi connectivity index (χ3v) is 4.58. The zero-order chi connectivity index (χ0) is 16.4. The molecule has 1 saturated heterocycles. The van der Waals surface area contributed by atoms with Gasteiger partial charge in [0.15, 0.2) is 0 Å². The zero-order valence-corrected chi connectivity index (χ0v) is 13.8. The van der Waals surface area contributed by atoms with Crippen LogP contribution in [0.4, 0.5) is 5.69 Å². The number of aromatic amines is 1. The van der Waals surface area contributed by atoms with Crippen LogP contribution in [0.3, 0.4) is 0 Å². The molecule has 5 nitrogen and oxygen atoms in total.